The third-order valence-corrected chi connectivity index (χ3v) is 2.19. The van der Waals surface area contributed by atoms with E-state index in [0.29, 0.717) is 18.0 Å². The fraction of sp³-hybridized carbons (Fsp3) is 0.273. The maximum absolute atomic E-state index is 10.9. The zero-order chi connectivity index (χ0) is 10.8. The second-order valence-corrected chi connectivity index (χ2v) is 3.43. The highest BCUT2D eigenvalue weighted by molar-refractivity contribution is 6.05. The van der Waals surface area contributed by atoms with Crippen molar-refractivity contribution in [3.05, 3.63) is 35.4 Å². The number of hydrogen-bond acceptors (Lipinski definition) is 3. The predicted octanol–water partition coefficient (Wildman–Crippen LogP) is 1.55. The minimum absolute atomic E-state index is 0.0295. The van der Waals surface area contributed by atoms with E-state index < -0.39 is 5.97 Å². The van der Waals surface area contributed by atoms with Gasteiger partial charge in [-0.3, -0.25) is 0 Å². The second kappa shape index (κ2) is 3.73. The molecular weight excluding hydrogens is 194 g/mol. The Hall–Kier alpha value is -1.84. The van der Waals surface area contributed by atoms with Crippen LogP contribution in [0.2, 0.25) is 0 Å². The van der Waals surface area contributed by atoms with E-state index in [4.69, 9.17) is 9.84 Å². The van der Waals surface area contributed by atoms with Gasteiger partial charge in [0.05, 0.1) is 17.7 Å². The first-order valence-corrected chi connectivity index (χ1v) is 4.72. The molecule has 1 unspecified atom stereocenters. The number of carbonyl (C=O) groups is 1. The molecule has 1 atom stereocenters. The van der Waals surface area contributed by atoms with Gasteiger partial charge in [-0.25, -0.2) is 9.79 Å². The summed E-state index contributed by atoms with van der Waals surface area (Å²) in [5.41, 5.74) is 0.778. The number of ether oxygens (including phenoxy) is 1. The van der Waals surface area contributed by atoms with E-state index in [0.717, 1.165) is 0 Å². The number of aromatic carboxylic acids is 1. The smallest absolute Gasteiger partial charge is 0.336 e. The Morgan fingerprint density at radius 1 is 1.53 bits per heavy atom. The summed E-state index contributed by atoms with van der Waals surface area (Å²) >= 11 is 0. The number of aliphatic imine (C=N–C) groups is 1. The molecular formula is C11H11NO3. The maximum Gasteiger partial charge on any atom is 0.336 e. The SMILES string of the molecule is CC1CN=C(c2ccccc2C(=O)O)O1. The van der Waals surface area contributed by atoms with Crippen molar-refractivity contribution in [1.29, 1.82) is 0 Å². The molecule has 1 heterocycles. The third kappa shape index (κ3) is 1.83. The van der Waals surface area contributed by atoms with Gasteiger partial charge in [0.15, 0.2) is 0 Å². The first-order valence-electron chi connectivity index (χ1n) is 4.72. The molecule has 0 aromatic heterocycles. The molecule has 1 aliphatic rings. The van der Waals surface area contributed by atoms with Crippen molar-refractivity contribution in [1.82, 2.24) is 0 Å². The van der Waals surface area contributed by atoms with Gasteiger partial charge < -0.3 is 9.84 Å². The maximum atomic E-state index is 10.9. The summed E-state index contributed by atoms with van der Waals surface area (Å²) in [5, 5.41) is 8.98. The monoisotopic (exact) mass is 205 g/mol. The van der Waals surface area contributed by atoms with Crippen LogP contribution in [-0.4, -0.2) is 29.6 Å². The average molecular weight is 205 g/mol. The van der Waals surface area contributed by atoms with Crippen molar-refractivity contribution >= 4 is 11.9 Å². The van der Waals surface area contributed by atoms with E-state index in [-0.39, 0.29) is 11.7 Å². The van der Waals surface area contributed by atoms with Crippen LogP contribution >= 0.6 is 0 Å². The highest BCUT2D eigenvalue weighted by Gasteiger charge is 2.21. The van der Waals surface area contributed by atoms with E-state index in [2.05, 4.69) is 4.99 Å². The zero-order valence-corrected chi connectivity index (χ0v) is 8.30. The summed E-state index contributed by atoms with van der Waals surface area (Å²) in [7, 11) is 0. The van der Waals surface area contributed by atoms with E-state index in [1.165, 1.54) is 0 Å². The minimum atomic E-state index is -0.962. The summed E-state index contributed by atoms with van der Waals surface area (Å²) in [6.45, 7) is 2.49. The fourth-order valence-corrected chi connectivity index (χ4v) is 1.48. The Morgan fingerprint density at radius 3 is 2.87 bits per heavy atom. The first kappa shape index (κ1) is 9.71. The van der Waals surface area contributed by atoms with Crippen molar-refractivity contribution in [3.63, 3.8) is 0 Å². The molecule has 0 saturated heterocycles. The predicted molar refractivity (Wildman–Crippen MR) is 55.4 cm³/mol. The second-order valence-electron chi connectivity index (χ2n) is 3.43. The van der Waals surface area contributed by atoms with Gasteiger partial charge in [0.2, 0.25) is 5.90 Å². The van der Waals surface area contributed by atoms with Crippen LogP contribution in [0, 0.1) is 0 Å². The number of benzene rings is 1. The Balaban J connectivity index is 2.40. The minimum Gasteiger partial charge on any atom is -0.478 e. The van der Waals surface area contributed by atoms with Crippen LogP contribution in [0.25, 0.3) is 0 Å². The molecule has 0 spiro atoms. The molecule has 0 amide bonds. The van der Waals surface area contributed by atoms with E-state index >= 15 is 0 Å². The molecule has 2 rings (SSSR count). The van der Waals surface area contributed by atoms with Crippen LogP contribution in [0.15, 0.2) is 29.3 Å². The Kier molecular flexibility index (Phi) is 2.41. The van der Waals surface area contributed by atoms with Crippen molar-refractivity contribution in [2.45, 2.75) is 13.0 Å². The van der Waals surface area contributed by atoms with Gasteiger partial charge in [-0.15, -0.1) is 0 Å². The van der Waals surface area contributed by atoms with E-state index in [9.17, 15) is 4.79 Å². The van der Waals surface area contributed by atoms with Gasteiger partial charge in [-0.1, -0.05) is 12.1 Å². The van der Waals surface area contributed by atoms with Crippen LogP contribution in [-0.2, 0) is 4.74 Å². The Bertz CT molecular complexity index is 426. The normalized spacial score (nSPS) is 19.5. The number of hydrogen-bond donors (Lipinski definition) is 1. The molecule has 15 heavy (non-hydrogen) atoms. The Morgan fingerprint density at radius 2 is 2.27 bits per heavy atom. The molecule has 78 valence electrons. The van der Waals surface area contributed by atoms with Crippen LogP contribution in [0.1, 0.15) is 22.8 Å². The molecule has 1 aliphatic heterocycles. The lowest BCUT2D eigenvalue weighted by Crippen LogP contribution is -2.12. The van der Waals surface area contributed by atoms with Gasteiger partial charge in [-0.05, 0) is 19.1 Å². The largest absolute Gasteiger partial charge is 0.478 e. The molecule has 1 aromatic rings. The van der Waals surface area contributed by atoms with Crippen molar-refractivity contribution < 1.29 is 14.6 Å². The third-order valence-electron chi connectivity index (χ3n) is 2.19. The molecule has 0 saturated carbocycles. The van der Waals surface area contributed by atoms with Crippen LogP contribution < -0.4 is 0 Å². The van der Waals surface area contributed by atoms with Gasteiger partial charge in [0, 0.05) is 0 Å². The number of rotatable bonds is 2. The topological polar surface area (TPSA) is 58.9 Å². The Labute approximate surface area is 87.2 Å². The van der Waals surface area contributed by atoms with Crippen LogP contribution in [0.5, 0.6) is 0 Å². The van der Waals surface area contributed by atoms with Crippen molar-refractivity contribution in [2.24, 2.45) is 4.99 Å². The average Bonchev–Trinajstić information content (AvgIpc) is 2.65. The lowest BCUT2D eigenvalue weighted by atomic mass is 10.1. The quantitative estimate of drug-likeness (QED) is 0.796. The van der Waals surface area contributed by atoms with Crippen LogP contribution in [0.4, 0.5) is 0 Å². The number of nitrogens with zero attached hydrogens (tertiary/aromatic N) is 1. The zero-order valence-electron chi connectivity index (χ0n) is 8.30. The summed E-state index contributed by atoms with van der Waals surface area (Å²) in [5.74, 6) is -0.531. The lowest BCUT2D eigenvalue weighted by molar-refractivity contribution is 0.0696. The standard InChI is InChI=1S/C11H11NO3/c1-7-6-12-10(15-7)8-4-2-3-5-9(8)11(13)14/h2-5,7H,6H2,1H3,(H,13,14). The molecule has 4 nitrogen and oxygen atoms in total. The van der Waals surface area contributed by atoms with Crippen molar-refractivity contribution in [3.8, 4) is 0 Å². The number of carboxylic acid groups (broad SMARTS) is 1. The van der Waals surface area contributed by atoms with Gasteiger partial charge >= 0.3 is 5.97 Å². The summed E-state index contributed by atoms with van der Waals surface area (Å²) < 4.78 is 5.42. The summed E-state index contributed by atoms with van der Waals surface area (Å²) in [6, 6.07) is 6.72. The molecule has 1 N–H and O–H groups in total. The molecule has 0 radical (unpaired) electrons. The molecule has 0 fully saturated rings. The molecule has 1 aromatic carbocycles. The van der Waals surface area contributed by atoms with E-state index in [1.807, 2.05) is 6.92 Å². The summed E-state index contributed by atoms with van der Waals surface area (Å²) in [6.07, 6.45) is 0.0295. The fourth-order valence-electron chi connectivity index (χ4n) is 1.48. The lowest BCUT2D eigenvalue weighted by Gasteiger charge is -2.07. The first-order chi connectivity index (χ1) is 7.18. The summed E-state index contributed by atoms with van der Waals surface area (Å²) in [4.78, 5) is 15.1. The van der Waals surface area contributed by atoms with Crippen molar-refractivity contribution in [2.75, 3.05) is 6.54 Å². The van der Waals surface area contributed by atoms with Crippen LogP contribution in [0.3, 0.4) is 0 Å². The molecule has 4 heteroatoms. The molecule has 0 aliphatic carbocycles. The van der Waals surface area contributed by atoms with Gasteiger partial charge in [0.25, 0.3) is 0 Å². The number of carboxylic acids is 1. The highest BCUT2D eigenvalue weighted by Crippen LogP contribution is 2.16. The van der Waals surface area contributed by atoms with Gasteiger partial charge in [-0.2, -0.15) is 0 Å². The van der Waals surface area contributed by atoms with E-state index in [1.54, 1.807) is 24.3 Å². The highest BCUT2D eigenvalue weighted by atomic mass is 16.5. The van der Waals surface area contributed by atoms with Gasteiger partial charge in [0.1, 0.15) is 6.10 Å². The molecule has 0 bridgehead atoms.